The highest BCUT2D eigenvalue weighted by atomic mass is 35.5. The first kappa shape index (κ1) is 19.6. The van der Waals surface area contributed by atoms with Crippen molar-refractivity contribution in [1.29, 1.82) is 0 Å². The van der Waals surface area contributed by atoms with Crippen molar-refractivity contribution in [2.45, 2.75) is 20.4 Å². The van der Waals surface area contributed by atoms with E-state index in [1.165, 1.54) is 0 Å². The van der Waals surface area contributed by atoms with Crippen LogP contribution in [0.4, 0.5) is 0 Å². The summed E-state index contributed by atoms with van der Waals surface area (Å²) in [6.07, 6.45) is 0. The van der Waals surface area contributed by atoms with E-state index < -0.39 is 17.2 Å². The van der Waals surface area contributed by atoms with E-state index >= 15 is 0 Å². The lowest BCUT2D eigenvalue weighted by atomic mass is 10.1. The van der Waals surface area contributed by atoms with Gasteiger partial charge in [-0.2, -0.15) is 9.78 Å². The summed E-state index contributed by atoms with van der Waals surface area (Å²) < 4.78 is 2.04. The fraction of sp³-hybridized carbons (Fsp3) is 0.200. The Balaban J connectivity index is 2.25. The summed E-state index contributed by atoms with van der Waals surface area (Å²) in [6.45, 7) is 3.98. The summed E-state index contributed by atoms with van der Waals surface area (Å²) in [6, 6.07) is 13.9. The molecule has 0 bridgehead atoms. The number of hydrogen-bond donors (Lipinski definition) is 1. The summed E-state index contributed by atoms with van der Waals surface area (Å²) in [5.41, 5.74) is 0.351. The Morgan fingerprint density at radius 1 is 1.14 bits per heavy atom. The summed E-state index contributed by atoms with van der Waals surface area (Å²) in [5.74, 6) is -0.637. The predicted octanol–water partition coefficient (Wildman–Crippen LogP) is 2.15. The van der Waals surface area contributed by atoms with Crippen LogP contribution in [0.25, 0.3) is 5.69 Å². The molecule has 0 saturated carbocycles. The minimum absolute atomic E-state index is 0.0276. The number of aryl methyl sites for hydroxylation is 1. The monoisotopic (exact) mass is 398 g/mol. The summed E-state index contributed by atoms with van der Waals surface area (Å²) in [7, 11) is 0. The Morgan fingerprint density at radius 2 is 1.89 bits per heavy atom. The van der Waals surface area contributed by atoms with Gasteiger partial charge in [-0.3, -0.25) is 14.2 Å². The van der Waals surface area contributed by atoms with E-state index in [0.717, 1.165) is 20.4 Å². The molecule has 0 unspecified atom stereocenters. The minimum Gasteiger partial charge on any atom is -0.351 e. The van der Waals surface area contributed by atoms with Gasteiger partial charge in [-0.25, -0.2) is 4.79 Å². The van der Waals surface area contributed by atoms with E-state index in [1.807, 2.05) is 31.2 Å². The smallest absolute Gasteiger partial charge is 0.351 e. The van der Waals surface area contributed by atoms with Gasteiger partial charge in [-0.05, 0) is 43.2 Å². The van der Waals surface area contributed by atoms with Crippen LogP contribution in [0.5, 0.6) is 0 Å². The number of aromatic nitrogens is 3. The van der Waals surface area contributed by atoms with Crippen molar-refractivity contribution in [1.82, 2.24) is 19.7 Å². The molecule has 0 spiro atoms. The number of nitrogens with one attached hydrogen (secondary N) is 1. The van der Waals surface area contributed by atoms with Gasteiger partial charge in [0.2, 0.25) is 5.69 Å². The Hall–Kier alpha value is -3.19. The van der Waals surface area contributed by atoms with Gasteiger partial charge in [0.1, 0.15) is 0 Å². The van der Waals surface area contributed by atoms with Crippen LogP contribution in [0.1, 0.15) is 28.5 Å². The van der Waals surface area contributed by atoms with Crippen molar-refractivity contribution in [3.8, 4) is 5.69 Å². The van der Waals surface area contributed by atoms with Gasteiger partial charge in [0, 0.05) is 11.6 Å². The van der Waals surface area contributed by atoms with Gasteiger partial charge in [0.25, 0.3) is 11.5 Å². The zero-order valence-electron chi connectivity index (χ0n) is 15.5. The van der Waals surface area contributed by atoms with E-state index in [1.54, 1.807) is 31.2 Å². The van der Waals surface area contributed by atoms with Crippen molar-refractivity contribution < 1.29 is 4.79 Å². The lowest BCUT2D eigenvalue weighted by Gasteiger charge is -2.13. The summed E-state index contributed by atoms with van der Waals surface area (Å²) >= 11 is 6.03. The topological polar surface area (TPSA) is 86.0 Å². The Morgan fingerprint density at radius 3 is 2.57 bits per heavy atom. The quantitative estimate of drug-likeness (QED) is 0.713. The second-order valence-corrected chi connectivity index (χ2v) is 6.64. The molecular weight excluding hydrogens is 380 g/mol. The van der Waals surface area contributed by atoms with Crippen molar-refractivity contribution in [3.05, 3.63) is 91.2 Å². The van der Waals surface area contributed by atoms with Crippen molar-refractivity contribution in [3.63, 3.8) is 0 Å². The van der Waals surface area contributed by atoms with Crippen molar-refractivity contribution in [2.24, 2.45) is 0 Å². The molecule has 1 heterocycles. The Labute approximate surface area is 166 Å². The van der Waals surface area contributed by atoms with Gasteiger partial charge in [0.05, 0.1) is 12.2 Å². The molecule has 3 rings (SSSR count). The third-order valence-electron chi connectivity index (χ3n) is 4.25. The van der Waals surface area contributed by atoms with Crippen LogP contribution < -0.4 is 16.6 Å². The highest BCUT2D eigenvalue weighted by Gasteiger charge is 2.20. The highest BCUT2D eigenvalue weighted by Crippen LogP contribution is 2.13. The molecule has 0 fully saturated rings. The van der Waals surface area contributed by atoms with Crippen LogP contribution in [-0.2, 0) is 6.54 Å². The highest BCUT2D eigenvalue weighted by molar-refractivity contribution is 6.30. The fourth-order valence-corrected chi connectivity index (χ4v) is 2.96. The number of carbonyl (C=O) groups excluding carboxylic acids is 1. The average Bonchev–Trinajstić information content (AvgIpc) is 2.66. The number of nitrogens with zero attached hydrogens (tertiary/aromatic N) is 3. The molecule has 0 aliphatic carbocycles. The molecule has 7 nitrogen and oxygen atoms in total. The van der Waals surface area contributed by atoms with E-state index in [4.69, 9.17) is 11.6 Å². The fourth-order valence-electron chi connectivity index (χ4n) is 2.77. The molecule has 1 N–H and O–H groups in total. The summed E-state index contributed by atoms with van der Waals surface area (Å²) in [4.78, 5) is 38.3. The summed E-state index contributed by atoms with van der Waals surface area (Å²) in [5, 5.41) is 6.99. The molecule has 3 aromatic rings. The second kappa shape index (κ2) is 8.22. The van der Waals surface area contributed by atoms with Gasteiger partial charge >= 0.3 is 5.69 Å². The van der Waals surface area contributed by atoms with Gasteiger partial charge < -0.3 is 5.32 Å². The molecule has 0 atom stereocenters. The third kappa shape index (κ3) is 3.89. The molecule has 0 saturated heterocycles. The van der Waals surface area contributed by atoms with Crippen molar-refractivity contribution in [2.75, 3.05) is 6.54 Å². The first-order valence-electron chi connectivity index (χ1n) is 8.75. The lowest BCUT2D eigenvalue weighted by molar-refractivity contribution is 0.0946. The number of halogens is 1. The van der Waals surface area contributed by atoms with Gasteiger partial charge in [-0.15, -0.1) is 0 Å². The zero-order valence-corrected chi connectivity index (χ0v) is 16.2. The minimum atomic E-state index is -0.738. The molecule has 2 aromatic carbocycles. The Kier molecular flexibility index (Phi) is 5.75. The largest absolute Gasteiger partial charge is 0.352 e. The molecule has 1 aromatic heterocycles. The average molecular weight is 399 g/mol. The van der Waals surface area contributed by atoms with Crippen LogP contribution in [0, 0.1) is 6.92 Å². The number of amides is 1. The molecule has 0 aliphatic rings. The van der Waals surface area contributed by atoms with Gasteiger partial charge in [-0.1, -0.05) is 41.9 Å². The van der Waals surface area contributed by atoms with Crippen LogP contribution in [0.15, 0.2) is 58.1 Å². The van der Waals surface area contributed by atoms with E-state index in [2.05, 4.69) is 10.4 Å². The molecule has 0 aliphatic heterocycles. The SMILES string of the molecule is CCNC(=O)c1nn(-c2cccc(Cl)c2)c(=O)n(Cc2ccccc2C)c1=O. The second-order valence-electron chi connectivity index (χ2n) is 6.20. The molecule has 0 radical (unpaired) electrons. The molecule has 1 amide bonds. The molecule has 8 heteroatoms. The Bertz CT molecular complexity index is 1150. The molecule has 144 valence electrons. The van der Waals surface area contributed by atoms with E-state index in [-0.39, 0.29) is 12.2 Å². The number of carbonyl (C=O) groups is 1. The number of benzene rings is 2. The van der Waals surface area contributed by atoms with Crippen LogP contribution >= 0.6 is 11.6 Å². The van der Waals surface area contributed by atoms with Gasteiger partial charge in [0.15, 0.2) is 0 Å². The van der Waals surface area contributed by atoms with E-state index in [0.29, 0.717) is 17.3 Å². The van der Waals surface area contributed by atoms with E-state index in [9.17, 15) is 14.4 Å². The van der Waals surface area contributed by atoms with Crippen LogP contribution in [0.2, 0.25) is 5.02 Å². The number of hydrogen-bond acceptors (Lipinski definition) is 4. The maximum Gasteiger partial charge on any atom is 0.352 e. The maximum absolute atomic E-state index is 13.0. The maximum atomic E-state index is 13.0. The normalized spacial score (nSPS) is 10.7. The zero-order chi connectivity index (χ0) is 20.3. The number of rotatable bonds is 5. The third-order valence-corrected chi connectivity index (χ3v) is 4.49. The molecule has 28 heavy (non-hydrogen) atoms. The first-order valence-corrected chi connectivity index (χ1v) is 9.13. The standard InChI is InChI=1S/C20H19ClN4O3/c1-3-22-18(26)17-19(27)24(12-14-8-5-4-7-13(14)2)20(28)25(23-17)16-10-6-9-15(21)11-16/h4-11H,3,12H2,1-2H3,(H,22,26). The van der Waals surface area contributed by atoms with Crippen molar-refractivity contribution >= 4 is 17.5 Å². The van der Waals surface area contributed by atoms with Crippen LogP contribution in [0.3, 0.4) is 0 Å². The van der Waals surface area contributed by atoms with Crippen LogP contribution in [-0.4, -0.2) is 26.8 Å². The predicted molar refractivity (Wildman–Crippen MR) is 107 cm³/mol. The molecular formula is C20H19ClN4O3. The lowest BCUT2D eigenvalue weighted by Crippen LogP contribution is -2.46. The first-order chi connectivity index (χ1) is 13.4.